The summed E-state index contributed by atoms with van der Waals surface area (Å²) < 4.78 is 31.7. The zero-order valence-corrected chi connectivity index (χ0v) is 22.4. The third-order valence-electron chi connectivity index (χ3n) is 5.63. The van der Waals surface area contributed by atoms with Crippen molar-refractivity contribution >= 4 is 63.1 Å². The van der Waals surface area contributed by atoms with Crippen molar-refractivity contribution in [3.05, 3.63) is 79.7 Å². The van der Waals surface area contributed by atoms with Crippen LogP contribution in [0.4, 0.5) is 24.0 Å². The highest BCUT2D eigenvalue weighted by atomic mass is 35.5. The van der Waals surface area contributed by atoms with Crippen LogP contribution in [-0.4, -0.2) is 39.6 Å². The molecular weight excluding hydrogens is 576 g/mol. The molecule has 3 aromatic rings. The number of aromatic hydroxyl groups is 1. The number of hydrogen-bond donors (Lipinski definition) is 3. The molecule has 0 amide bonds. The first-order chi connectivity index (χ1) is 18.5. The van der Waals surface area contributed by atoms with Gasteiger partial charge in [-0.3, -0.25) is 9.98 Å². The number of halogens is 5. The lowest BCUT2D eigenvalue weighted by molar-refractivity contribution is -0.192. The number of aromatic nitrogens is 1. The molecule has 1 aromatic heterocycles. The largest absolute Gasteiger partial charge is 0.492 e. The summed E-state index contributed by atoms with van der Waals surface area (Å²) in [4.78, 5) is 23.0. The number of fused-ring (bicyclic) bond motifs is 1. The number of rotatable bonds is 6. The minimum absolute atomic E-state index is 0.0543. The topological polar surface area (TPSA) is 107 Å². The second-order valence-electron chi connectivity index (χ2n) is 8.60. The first-order valence-electron chi connectivity index (χ1n) is 11.6. The van der Waals surface area contributed by atoms with Gasteiger partial charge in [-0.1, -0.05) is 59.5 Å². The molecule has 13 heteroatoms. The van der Waals surface area contributed by atoms with Crippen molar-refractivity contribution in [2.45, 2.75) is 25.4 Å². The normalized spacial score (nSPS) is 15.8. The van der Waals surface area contributed by atoms with Crippen LogP contribution in [-0.2, 0) is 4.79 Å². The van der Waals surface area contributed by atoms with E-state index >= 15 is 0 Å². The van der Waals surface area contributed by atoms with Crippen LogP contribution in [0.2, 0.25) is 10.0 Å². The highest BCUT2D eigenvalue weighted by molar-refractivity contribution is 7.16. The van der Waals surface area contributed by atoms with Crippen molar-refractivity contribution in [2.24, 2.45) is 15.9 Å². The fraction of sp³-hybridized carbons (Fsp3) is 0.231. The molecule has 1 saturated carbocycles. The van der Waals surface area contributed by atoms with Gasteiger partial charge in [0.2, 0.25) is 5.88 Å². The molecule has 2 aromatic carbocycles. The van der Waals surface area contributed by atoms with Gasteiger partial charge in [0, 0.05) is 18.3 Å². The Bertz CT molecular complexity index is 1550. The molecule has 2 aliphatic rings. The monoisotopic (exact) mass is 596 g/mol. The van der Waals surface area contributed by atoms with Crippen LogP contribution in [0.3, 0.4) is 0 Å². The number of allylic oxidation sites excluding steroid dienone is 1. The number of anilines is 2. The van der Waals surface area contributed by atoms with Crippen LogP contribution in [0.15, 0.2) is 58.7 Å². The number of thiazole rings is 1. The van der Waals surface area contributed by atoms with Crippen molar-refractivity contribution in [3.8, 4) is 5.88 Å². The zero-order valence-electron chi connectivity index (χ0n) is 20.0. The van der Waals surface area contributed by atoms with Gasteiger partial charge >= 0.3 is 12.1 Å². The number of aliphatic carboxylic acids is 1. The van der Waals surface area contributed by atoms with Gasteiger partial charge in [-0.05, 0) is 54.0 Å². The quantitative estimate of drug-likeness (QED) is 0.319. The van der Waals surface area contributed by atoms with Crippen LogP contribution >= 0.6 is 34.5 Å². The summed E-state index contributed by atoms with van der Waals surface area (Å²) >= 11 is 13.8. The molecule has 1 aliphatic heterocycles. The second kappa shape index (κ2) is 12.2. The third kappa shape index (κ3) is 7.81. The van der Waals surface area contributed by atoms with E-state index in [1.807, 2.05) is 24.3 Å². The number of nitrogens with zero attached hydrogens (tertiary/aromatic N) is 3. The summed E-state index contributed by atoms with van der Waals surface area (Å²) in [5.41, 5.74) is 2.52. The summed E-state index contributed by atoms with van der Waals surface area (Å²) in [6, 6.07) is 11.3. The van der Waals surface area contributed by atoms with E-state index in [0.29, 0.717) is 25.7 Å². The van der Waals surface area contributed by atoms with Gasteiger partial charge in [0.15, 0.2) is 5.13 Å². The van der Waals surface area contributed by atoms with Crippen molar-refractivity contribution < 1.29 is 28.2 Å². The lowest BCUT2D eigenvalue weighted by Crippen LogP contribution is -2.21. The highest BCUT2D eigenvalue weighted by Gasteiger charge is 2.38. The summed E-state index contributed by atoms with van der Waals surface area (Å²) in [5.74, 6) is -1.96. The van der Waals surface area contributed by atoms with Crippen LogP contribution in [0.5, 0.6) is 5.88 Å². The number of para-hydroxylation sites is 1. The molecule has 39 heavy (non-hydrogen) atoms. The maximum Gasteiger partial charge on any atom is 0.490 e. The predicted octanol–water partition coefficient (Wildman–Crippen LogP) is 6.10. The van der Waals surface area contributed by atoms with E-state index < -0.39 is 12.1 Å². The Kier molecular flexibility index (Phi) is 8.94. The van der Waals surface area contributed by atoms with E-state index in [1.165, 1.54) is 24.2 Å². The van der Waals surface area contributed by atoms with Crippen molar-refractivity contribution in [3.63, 3.8) is 0 Å². The molecule has 7 nitrogen and oxygen atoms in total. The van der Waals surface area contributed by atoms with Crippen LogP contribution in [0.1, 0.15) is 29.7 Å². The molecule has 0 saturated heterocycles. The van der Waals surface area contributed by atoms with Gasteiger partial charge in [-0.25, -0.2) is 4.79 Å². The molecule has 0 spiro atoms. The maximum absolute atomic E-state index is 10.6. The minimum atomic E-state index is -5.08. The van der Waals surface area contributed by atoms with Crippen molar-refractivity contribution in [1.29, 1.82) is 0 Å². The van der Waals surface area contributed by atoms with Crippen LogP contribution in [0.25, 0.3) is 6.08 Å². The smallest absolute Gasteiger partial charge is 0.490 e. The Hall–Kier alpha value is -3.41. The van der Waals surface area contributed by atoms with Crippen LogP contribution in [0, 0.1) is 5.92 Å². The number of alkyl halides is 3. The number of hydrogen-bond acceptors (Lipinski definition) is 7. The van der Waals surface area contributed by atoms with E-state index in [4.69, 9.17) is 38.1 Å². The molecular formula is C26H21Cl2F3N4O3S. The summed E-state index contributed by atoms with van der Waals surface area (Å²) in [7, 11) is 0. The Morgan fingerprint density at radius 3 is 2.54 bits per heavy atom. The highest BCUT2D eigenvalue weighted by Crippen LogP contribution is 2.36. The molecule has 2 heterocycles. The van der Waals surface area contributed by atoms with Gasteiger partial charge in [-0.2, -0.15) is 18.2 Å². The van der Waals surface area contributed by atoms with Gasteiger partial charge in [-0.15, -0.1) is 0 Å². The molecule has 0 atom stereocenters. The third-order valence-corrected chi connectivity index (χ3v) is 7.17. The minimum Gasteiger partial charge on any atom is -0.492 e. The molecule has 5 rings (SSSR count). The first kappa shape index (κ1) is 28.6. The number of benzene rings is 2. The molecule has 0 radical (unpaired) electrons. The lowest BCUT2D eigenvalue weighted by Gasteiger charge is -2.07. The van der Waals surface area contributed by atoms with Gasteiger partial charge in [0.1, 0.15) is 0 Å². The Labute approximate surface area is 234 Å². The first-order valence-corrected chi connectivity index (χ1v) is 13.2. The van der Waals surface area contributed by atoms with Crippen LogP contribution < -0.4 is 15.9 Å². The Morgan fingerprint density at radius 1 is 1.21 bits per heavy atom. The fourth-order valence-corrected chi connectivity index (χ4v) is 4.82. The summed E-state index contributed by atoms with van der Waals surface area (Å²) in [6.07, 6.45) is 4.39. The number of aliphatic imine (C=N–C) groups is 1. The molecule has 3 N–H and O–H groups in total. The molecule has 204 valence electrons. The molecule has 0 unspecified atom stereocenters. The fourth-order valence-electron chi connectivity index (χ4n) is 3.50. The van der Waals surface area contributed by atoms with E-state index in [-0.39, 0.29) is 5.88 Å². The summed E-state index contributed by atoms with van der Waals surface area (Å²) in [6.45, 7) is 0.840. The zero-order chi connectivity index (χ0) is 28.2. The Balaban J connectivity index is 0.000000448. The van der Waals surface area contributed by atoms with E-state index in [2.05, 4.69) is 21.4 Å². The molecule has 0 bridgehead atoms. The van der Waals surface area contributed by atoms with Crippen molar-refractivity contribution in [1.82, 2.24) is 4.98 Å². The van der Waals surface area contributed by atoms with Crippen molar-refractivity contribution in [2.75, 3.05) is 11.9 Å². The van der Waals surface area contributed by atoms with E-state index in [9.17, 15) is 18.3 Å². The van der Waals surface area contributed by atoms with E-state index in [0.717, 1.165) is 40.7 Å². The molecule has 1 fully saturated rings. The average Bonchev–Trinajstić information content (AvgIpc) is 3.64. The number of carbonyl (C=O) groups is 1. The predicted molar refractivity (Wildman–Crippen MR) is 146 cm³/mol. The number of nitrogens with one attached hydrogen (secondary N) is 1. The van der Waals surface area contributed by atoms with Gasteiger partial charge < -0.3 is 15.5 Å². The SMILES string of the molecule is O=C(O)C(F)(F)F.Oc1nc(Nc2c(Cl)cccc2Cl)sc1C=c1ccc2c(c1)C(=NCCC1CC1)C=CN=2. The lowest BCUT2D eigenvalue weighted by atomic mass is 10.1. The maximum atomic E-state index is 10.6. The average molecular weight is 597 g/mol. The second-order valence-corrected chi connectivity index (χ2v) is 10.4. The summed E-state index contributed by atoms with van der Waals surface area (Å²) in [5, 5.41) is 23.9. The van der Waals surface area contributed by atoms with E-state index in [1.54, 1.807) is 24.4 Å². The number of carboxylic acid groups (broad SMARTS) is 1. The van der Waals surface area contributed by atoms with Gasteiger partial charge in [0.05, 0.1) is 31.7 Å². The number of carboxylic acids is 1. The molecule has 1 aliphatic carbocycles. The van der Waals surface area contributed by atoms with Gasteiger partial charge in [0.25, 0.3) is 0 Å². The Morgan fingerprint density at radius 2 is 1.90 bits per heavy atom. The standard InChI is InChI=1S/C24H20Cl2N4OS.C2HF3O2/c25-17-2-1-3-18(26)22(17)29-24-30-23(31)21(32-24)13-15-6-7-19-16(12-15)20(9-11-28-19)27-10-8-14-4-5-14;3-2(4,5)1(6)7/h1-3,6-7,9,11-14,31H,4-5,8,10H2,(H,29,30);(H,6,7).